The fourth-order valence-corrected chi connectivity index (χ4v) is 3.00. The van der Waals surface area contributed by atoms with E-state index in [9.17, 15) is 15.2 Å². The Hall–Kier alpha value is -1.67. The van der Waals surface area contributed by atoms with Crippen molar-refractivity contribution in [3.8, 4) is 0 Å². The molecule has 2 rings (SSSR count). The van der Waals surface area contributed by atoms with Crippen LogP contribution in [0.15, 0.2) is 11.6 Å². The Bertz CT molecular complexity index is 617. The molecule has 0 bridgehead atoms. The number of aliphatic hydroxyl groups is 1. The first-order chi connectivity index (χ1) is 9.30. The van der Waals surface area contributed by atoms with Crippen molar-refractivity contribution in [3.63, 3.8) is 0 Å². The standard InChI is InChI=1S/C12H18N4O3S/c1-8(2)6-12(3,17)7-13-9-10(16(18)19)15-4-5-20-11(15)14-9/h4-5,8,13,17H,6-7H2,1-3H3. The number of nitrogens with one attached hydrogen (secondary N) is 1. The molecule has 0 aliphatic carbocycles. The van der Waals surface area contributed by atoms with E-state index in [4.69, 9.17) is 0 Å². The Labute approximate surface area is 120 Å². The van der Waals surface area contributed by atoms with E-state index in [2.05, 4.69) is 10.3 Å². The Morgan fingerprint density at radius 1 is 1.65 bits per heavy atom. The van der Waals surface area contributed by atoms with Gasteiger partial charge in [0.25, 0.3) is 4.96 Å². The summed E-state index contributed by atoms with van der Waals surface area (Å²) in [5, 5.41) is 26.0. The summed E-state index contributed by atoms with van der Waals surface area (Å²) >= 11 is 1.33. The Kier molecular flexibility index (Phi) is 3.96. The molecule has 7 nitrogen and oxygen atoms in total. The maximum atomic E-state index is 11.1. The number of fused-ring (bicyclic) bond motifs is 1. The lowest BCUT2D eigenvalue weighted by Crippen LogP contribution is -2.35. The number of hydrogen-bond donors (Lipinski definition) is 2. The Morgan fingerprint density at radius 2 is 2.35 bits per heavy atom. The third-order valence-corrected chi connectivity index (χ3v) is 3.65. The number of anilines is 1. The van der Waals surface area contributed by atoms with E-state index in [0.717, 1.165) is 0 Å². The summed E-state index contributed by atoms with van der Waals surface area (Å²) < 4.78 is 1.43. The van der Waals surface area contributed by atoms with Gasteiger partial charge in [0.15, 0.2) is 0 Å². The maximum absolute atomic E-state index is 11.1. The van der Waals surface area contributed by atoms with Crippen LogP contribution in [0.3, 0.4) is 0 Å². The molecule has 2 N–H and O–H groups in total. The minimum absolute atomic E-state index is 0.0957. The van der Waals surface area contributed by atoms with Gasteiger partial charge >= 0.3 is 5.82 Å². The Balaban J connectivity index is 2.19. The van der Waals surface area contributed by atoms with Crippen molar-refractivity contribution < 1.29 is 10.0 Å². The summed E-state index contributed by atoms with van der Waals surface area (Å²) in [7, 11) is 0. The number of rotatable bonds is 6. The lowest BCUT2D eigenvalue weighted by atomic mass is 9.94. The normalized spacial score (nSPS) is 14.7. The van der Waals surface area contributed by atoms with Crippen LogP contribution < -0.4 is 5.32 Å². The Morgan fingerprint density at radius 3 is 2.95 bits per heavy atom. The van der Waals surface area contributed by atoms with Gasteiger partial charge in [0, 0.05) is 11.9 Å². The van der Waals surface area contributed by atoms with E-state index in [1.807, 2.05) is 13.8 Å². The highest BCUT2D eigenvalue weighted by atomic mass is 32.1. The lowest BCUT2D eigenvalue weighted by molar-refractivity contribution is -0.389. The van der Waals surface area contributed by atoms with E-state index in [1.165, 1.54) is 15.7 Å². The molecule has 8 heteroatoms. The topological polar surface area (TPSA) is 92.7 Å². The molecule has 0 aromatic carbocycles. The first-order valence-corrected chi connectivity index (χ1v) is 7.24. The second-order valence-corrected chi connectivity index (χ2v) is 6.42. The van der Waals surface area contributed by atoms with Crippen molar-refractivity contribution in [2.45, 2.75) is 32.8 Å². The van der Waals surface area contributed by atoms with Gasteiger partial charge in [-0.1, -0.05) is 25.2 Å². The number of nitro groups is 1. The first kappa shape index (κ1) is 14.7. The van der Waals surface area contributed by atoms with E-state index in [1.54, 1.807) is 18.5 Å². The van der Waals surface area contributed by atoms with Crippen molar-refractivity contribution in [2.75, 3.05) is 11.9 Å². The predicted molar refractivity (Wildman–Crippen MR) is 78.3 cm³/mol. The first-order valence-electron chi connectivity index (χ1n) is 6.36. The summed E-state index contributed by atoms with van der Waals surface area (Å²) in [5.74, 6) is 0.444. The van der Waals surface area contributed by atoms with E-state index in [0.29, 0.717) is 17.3 Å². The van der Waals surface area contributed by atoms with Crippen LogP contribution in [0.2, 0.25) is 0 Å². The van der Waals surface area contributed by atoms with Gasteiger partial charge < -0.3 is 20.5 Å². The molecule has 1 atom stereocenters. The fraction of sp³-hybridized carbons (Fsp3) is 0.583. The van der Waals surface area contributed by atoms with Crippen molar-refractivity contribution in [1.29, 1.82) is 0 Å². The summed E-state index contributed by atoms with van der Waals surface area (Å²) in [6, 6.07) is 0. The van der Waals surface area contributed by atoms with Crippen LogP contribution in [0.1, 0.15) is 27.2 Å². The number of nitrogens with zero attached hydrogens (tertiary/aromatic N) is 3. The second kappa shape index (κ2) is 5.37. The zero-order valence-electron chi connectivity index (χ0n) is 11.7. The molecule has 1 unspecified atom stereocenters. The summed E-state index contributed by atoms with van der Waals surface area (Å²) in [6.07, 6.45) is 2.22. The highest BCUT2D eigenvalue weighted by Gasteiger charge is 2.27. The van der Waals surface area contributed by atoms with Crippen molar-refractivity contribution in [3.05, 3.63) is 21.7 Å². The molecule has 0 aliphatic rings. The van der Waals surface area contributed by atoms with Gasteiger partial charge in [-0.3, -0.25) is 0 Å². The molecule has 20 heavy (non-hydrogen) atoms. The quantitative estimate of drug-likeness (QED) is 0.631. The zero-order valence-corrected chi connectivity index (χ0v) is 12.5. The predicted octanol–water partition coefficient (Wildman–Crippen LogP) is 2.51. The van der Waals surface area contributed by atoms with Gasteiger partial charge in [-0.15, -0.1) is 0 Å². The van der Waals surface area contributed by atoms with Gasteiger partial charge in [0.05, 0.1) is 5.60 Å². The number of hydrogen-bond acceptors (Lipinski definition) is 6. The molecule has 0 aliphatic heterocycles. The molecule has 2 aromatic heterocycles. The largest absolute Gasteiger partial charge is 0.388 e. The fourth-order valence-electron chi connectivity index (χ4n) is 2.29. The van der Waals surface area contributed by atoms with Gasteiger partial charge in [-0.2, -0.15) is 9.38 Å². The molecular weight excluding hydrogens is 280 g/mol. The molecular formula is C12H18N4O3S. The maximum Gasteiger partial charge on any atom is 0.372 e. The van der Waals surface area contributed by atoms with Crippen molar-refractivity contribution >= 4 is 27.9 Å². The lowest BCUT2D eigenvalue weighted by Gasteiger charge is -2.25. The minimum atomic E-state index is -0.931. The van der Waals surface area contributed by atoms with Gasteiger partial charge in [-0.05, 0) is 24.2 Å². The van der Waals surface area contributed by atoms with Crippen molar-refractivity contribution in [1.82, 2.24) is 9.38 Å². The third-order valence-electron chi connectivity index (χ3n) is 2.89. The smallest absolute Gasteiger partial charge is 0.372 e. The average Bonchev–Trinajstić information content (AvgIpc) is 2.82. The molecule has 110 valence electrons. The van der Waals surface area contributed by atoms with Gasteiger partial charge in [-0.25, -0.2) is 0 Å². The molecule has 0 fully saturated rings. The molecule has 0 spiro atoms. The van der Waals surface area contributed by atoms with Crippen molar-refractivity contribution in [2.24, 2.45) is 5.92 Å². The average molecular weight is 298 g/mol. The summed E-state index contributed by atoms with van der Waals surface area (Å²) in [4.78, 5) is 15.4. The zero-order chi connectivity index (χ0) is 14.9. The van der Waals surface area contributed by atoms with Crippen LogP contribution >= 0.6 is 11.3 Å². The third kappa shape index (κ3) is 3.07. The summed E-state index contributed by atoms with van der Waals surface area (Å²) in [6.45, 7) is 5.97. The molecule has 0 saturated carbocycles. The summed E-state index contributed by atoms with van der Waals surface area (Å²) in [5.41, 5.74) is -0.931. The molecule has 2 heterocycles. The molecule has 0 amide bonds. The SMILES string of the molecule is CC(C)CC(C)(O)CNc1nc2sccn2c1[N+](=O)[O-]. The van der Waals surface area contributed by atoms with E-state index < -0.39 is 10.5 Å². The van der Waals surface area contributed by atoms with Crippen LogP contribution in [0, 0.1) is 16.0 Å². The van der Waals surface area contributed by atoms with Crippen LogP contribution in [0.5, 0.6) is 0 Å². The van der Waals surface area contributed by atoms with Crippen LogP contribution in [0.4, 0.5) is 11.6 Å². The van der Waals surface area contributed by atoms with E-state index >= 15 is 0 Å². The minimum Gasteiger partial charge on any atom is -0.388 e. The van der Waals surface area contributed by atoms with E-state index in [-0.39, 0.29) is 18.2 Å². The number of aromatic nitrogens is 2. The number of thiazole rings is 1. The molecule has 0 saturated heterocycles. The highest BCUT2D eigenvalue weighted by molar-refractivity contribution is 7.15. The van der Waals surface area contributed by atoms with Crippen LogP contribution in [0.25, 0.3) is 4.96 Å². The van der Waals surface area contributed by atoms with Gasteiger partial charge in [0.2, 0.25) is 5.82 Å². The molecule has 2 aromatic rings. The highest BCUT2D eigenvalue weighted by Crippen LogP contribution is 2.28. The second-order valence-electron chi connectivity index (χ2n) is 5.55. The van der Waals surface area contributed by atoms with Crippen LogP contribution in [-0.4, -0.2) is 31.6 Å². The van der Waals surface area contributed by atoms with Crippen LogP contribution in [-0.2, 0) is 0 Å². The number of imidazole rings is 1. The van der Waals surface area contributed by atoms with Gasteiger partial charge in [0.1, 0.15) is 6.20 Å². The molecule has 0 radical (unpaired) electrons. The monoisotopic (exact) mass is 298 g/mol.